The van der Waals surface area contributed by atoms with Crippen LogP contribution in [0.2, 0.25) is 0 Å². The van der Waals surface area contributed by atoms with Gasteiger partial charge in [-0.15, -0.1) is 0 Å². The molecule has 1 aromatic rings. The van der Waals surface area contributed by atoms with Gasteiger partial charge in [0.1, 0.15) is 4.47 Å². The van der Waals surface area contributed by atoms with E-state index in [0.717, 1.165) is 0 Å². The molecule has 2 N–H and O–H groups in total. The molecule has 0 amide bonds. The third-order valence-corrected chi connectivity index (χ3v) is 3.47. The molecular formula is C11H16BrN3O2. The van der Waals surface area contributed by atoms with Gasteiger partial charge in [-0.3, -0.25) is 4.79 Å². The maximum atomic E-state index is 11.9. The van der Waals surface area contributed by atoms with Gasteiger partial charge in [0.15, 0.2) is 0 Å². The predicted octanol–water partition coefficient (Wildman–Crippen LogP) is 1.21. The molecule has 0 radical (unpaired) electrons. The van der Waals surface area contributed by atoms with Crippen molar-refractivity contribution in [3.05, 3.63) is 21.0 Å². The molecule has 1 aliphatic rings. The number of anilines is 1. The summed E-state index contributed by atoms with van der Waals surface area (Å²) in [6.07, 6.45) is 3.54. The number of aromatic nitrogens is 2. The molecular weight excluding hydrogens is 286 g/mol. The fourth-order valence-corrected chi connectivity index (χ4v) is 1.97. The molecule has 2 rings (SSSR count). The Labute approximate surface area is 108 Å². The van der Waals surface area contributed by atoms with Crippen LogP contribution in [0.1, 0.15) is 19.8 Å². The number of nitrogens with zero attached hydrogens (tertiary/aromatic N) is 2. The van der Waals surface area contributed by atoms with Crippen molar-refractivity contribution in [3.8, 4) is 0 Å². The van der Waals surface area contributed by atoms with Crippen molar-refractivity contribution in [1.29, 1.82) is 0 Å². The van der Waals surface area contributed by atoms with Gasteiger partial charge in [0.05, 0.1) is 18.0 Å². The van der Waals surface area contributed by atoms with E-state index in [1.54, 1.807) is 13.1 Å². The van der Waals surface area contributed by atoms with E-state index in [9.17, 15) is 9.90 Å². The number of aliphatic hydroxyl groups is 1. The Balaban J connectivity index is 2.13. The second kappa shape index (κ2) is 5.18. The van der Waals surface area contributed by atoms with Crippen molar-refractivity contribution in [2.24, 2.45) is 5.92 Å². The molecule has 0 aromatic carbocycles. The Hall–Kier alpha value is -0.880. The molecule has 6 heteroatoms. The molecule has 1 fully saturated rings. The first-order valence-corrected chi connectivity index (χ1v) is 6.54. The lowest BCUT2D eigenvalue weighted by Crippen LogP contribution is -2.26. The van der Waals surface area contributed by atoms with Crippen LogP contribution in [0.15, 0.2) is 15.5 Å². The number of rotatable bonds is 5. The van der Waals surface area contributed by atoms with Crippen molar-refractivity contribution in [2.45, 2.75) is 32.4 Å². The smallest absolute Gasteiger partial charge is 0.283 e. The molecule has 0 saturated heterocycles. The Morgan fingerprint density at radius 3 is 3.00 bits per heavy atom. The summed E-state index contributed by atoms with van der Waals surface area (Å²) in [6, 6.07) is 0. The number of halogens is 1. The van der Waals surface area contributed by atoms with E-state index in [0.29, 0.717) is 29.2 Å². The van der Waals surface area contributed by atoms with Crippen LogP contribution in [0.4, 0.5) is 5.69 Å². The molecule has 5 nitrogen and oxygen atoms in total. The minimum Gasteiger partial charge on any atom is -0.392 e. The summed E-state index contributed by atoms with van der Waals surface area (Å²) in [4.78, 5) is 11.9. The fraction of sp³-hybridized carbons (Fsp3) is 0.636. The zero-order valence-electron chi connectivity index (χ0n) is 9.69. The minimum absolute atomic E-state index is 0.118. The normalized spacial score (nSPS) is 16.9. The van der Waals surface area contributed by atoms with Gasteiger partial charge in [-0.2, -0.15) is 5.10 Å². The van der Waals surface area contributed by atoms with Gasteiger partial charge in [0, 0.05) is 13.1 Å². The summed E-state index contributed by atoms with van der Waals surface area (Å²) in [5.74, 6) is 0.614. The van der Waals surface area contributed by atoms with Crippen molar-refractivity contribution >= 4 is 21.6 Å². The van der Waals surface area contributed by atoms with Crippen LogP contribution in [0.3, 0.4) is 0 Å². The average Bonchev–Trinajstić information content (AvgIpc) is 3.07. The average molecular weight is 302 g/mol. The molecule has 94 valence electrons. The minimum atomic E-state index is -0.462. The van der Waals surface area contributed by atoms with E-state index >= 15 is 0 Å². The van der Waals surface area contributed by atoms with Gasteiger partial charge in [0.25, 0.3) is 5.56 Å². The van der Waals surface area contributed by atoms with Gasteiger partial charge in [-0.1, -0.05) is 0 Å². The van der Waals surface area contributed by atoms with Crippen molar-refractivity contribution in [3.63, 3.8) is 0 Å². The summed E-state index contributed by atoms with van der Waals surface area (Å²) in [6.45, 7) is 2.78. The largest absolute Gasteiger partial charge is 0.392 e. The lowest BCUT2D eigenvalue weighted by Gasteiger charge is -2.11. The highest BCUT2D eigenvalue weighted by atomic mass is 79.9. The Morgan fingerprint density at radius 2 is 2.41 bits per heavy atom. The SMILES string of the molecule is CC(O)CNc1cnn(CC2CC2)c(=O)c1Br. The van der Waals surface area contributed by atoms with Crippen LogP contribution >= 0.6 is 15.9 Å². The molecule has 1 aliphatic carbocycles. The summed E-state index contributed by atoms with van der Waals surface area (Å²) >= 11 is 3.27. The van der Waals surface area contributed by atoms with Crippen LogP contribution in [0, 0.1) is 5.92 Å². The highest BCUT2D eigenvalue weighted by Crippen LogP contribution is 2.30. The van der Waals surface area contributed by atoms with E-state index in [1.807, 2.05) is 0 Å². The lowest BCUT2D eigenvalue weighted by atomic mass is 10.3. The van der Waals surface area contributed by atoms with E-state index in [2.05, 4.69) is 26.3 Å². The number of aliphatic hydroxyl groups excluding tert-OH is 1. The first kappa shape index (κ1) is 12.6. The standard InChI is InChI=1S/C11H16BrN3O2/c1-7(16)4-13-9-5-14-15(6-8-2-3-8)11(17)10(9)12/h5,7-8,13,16H,2-4,6H2,1H3. The maximum Gasteiger partial charge on any atom is 0.283 e. The Morgan fingerprint density at radius 1 is 1.71 bits per heavy atom. The van der Waals surface area contributed by atoms with Crippen molar-refractivity contribution in [1.82, 2.24) is 9.78 Å². The molecule has 0 aliphatic heterocycles. The van der Waals surface area contributed by atoms with Gasteiger partial charge in [-0.25, -0.2) is 4.68 Å². The van der Waals surface area contributed by atoms with E-state index in [-0.39, 0.29) is 5.56 Å². The third kappa shape index (κ3) is 3.29. The molecule has 1 unspecified atom stereocenters. The number of hydrogen-bond donors (Lipinski definition) is 2. The van der Waals surface area contributed by atoms with Crippen LogP contribution in [-0.4, -0.2) is 27.5 Å². The monoisotopic (exact) mass is 301 g/mol. The molecule has 1 atom stereocenters. The summed E-state index contributed by atoms with van der Waals surface area (Å²) in [5.41, 5.74) is 0.510. The Kier molecular flexibility index (Phi) is 3.83. The number of hydrogen-bond acceptors (Lipinski definition) is 4. The first-order valence-electron chi connectivity index (χ1n) is 5.75. The van der Waals surface area contributed by atoms with Crippen molar-refractivity contribution in [2.75, 3.05) is 11.9 Å². The van der Waals surface area contributed by atoms with E-state index in [4.69, 9.17) is 0 Å². The summed E-state index contributed by atoms with van der Waals surface area (Å²) < 4.78 is 1.98. The molecule has 1 aromatic heterocycles. The highest BCUT2D eigenvalue weighted by Gasteiger charge is 2.23. The van der Waals surface area contributed by atoms with Crippen LogP contribution < -0.4 is 10.9 Å². The summed E-state index contributed by atoms with van der Waals surface area (Å²) in [7, 11) is 0. The highest BCUT2D eigenvalue weighted by molar-refractivity contribution is 9.10. The fourth-order valence-electron chi connectivity index (χ4n) is 1.52. The van der Waals surface area contributed by atoms with E-state index < -0.39 is 6.10 Å². The summed E-state index contributed by atoms with van der Waals surface area (Å²) in [5, 5.41) is 16.3. The second-order valence-corrected chi connectivity index (χ2v) is 5.33. The zero-order valence-corrected chi connectivity index (χ0v) is 11.3. The second-order valence-electron chi connectivity index (χ2n) is 4.53. The molecule has 1 heterocycles. The van der Waals surface area contributed by atoms with Crippen molar-refractivity contribution < 1.29 is 5.11 Å². The lowest BCUT2D eigenvalue weighted by molar-refractivity contribution is 0.208. The van der Waals surface area contributed by atoms with Crippen LogP contribution in [-0.2, 0) is 6.54 Å². The van der Waals surface area contributed by atoms with Crippen LogP contribution in [0.5, 0.6) is 0 Å². The number of nitrogens with one attached hydrogen (secondary N) is 1. The van der Waals surface area contributed by atoms with Crippen LogP contribution in [0.25, 0.3) is 0 Å². The maximum absolute atomic E-state index is 11.9. The topological polar surface area (TPSA) is 67.2 Å². The van der Waals surface area contributed by atoms with Gasteiger partial charge in [-0.05, 0) is 41.6 Å². The van der Waals surface area contributed by atoms with Gasteiger partial charge >= 0.3 is 0 Å². The quantitative estimate of drug-likeness (QED) is 0.858. The van der Waals surface area contributed by atoms with Gasteiger partial charge < -0.3 is 10.4 Å². The molecule has 0 spiro atoms. The Bertz CT molecular complexity index is 455. The first-order chi connectivity index (χ1) is 8.08. The zero-order chi connectivity index (χ0) is 12.4. The third-order valence-electron chi connectivity index (χ3n) is 2.70. The predicted molar refractivity (Wildman–Crippen MR) is 69.1 cm³/mol. The molecule has 0 bridgehead atoms. The van der Waals surface area contributed by atoms with E-state index in [1.165, 1.54) is 17.5 Å². The molecule has 1 saturated carbocycles. The molecule has 17 heavy (non-hydrogen) atoms. The van der Waals surface area contributed by atoms with Gasteiger partial charge in [0.2, 0.25) is 0 Å².